The number of carbonyl (C=O) groups excluding carboxylic acids is 1. The van der Waals surface area contributed by atoms with Crippen LogP contribution in [0, 0.1) is 6.92 Å². The highest BCUT2D eigenvalue weighted by Gasteiger charge is 2.33. The molecule has 0 saturated heterocycles. The number of aryl methyl sites for hydroxylation is 1. The summed E-state index contributed by atoms with van der Waals surface area (Å²) in [6.07, 6.45) is -4.49. The highest BCUT2D eigenvalue weighted by Crippen LogP contribution is 2.34. The molecule has 2 aromatic carbocycles. The largest absolute Gasteiger partial charge is 0.418 e. The molecule has 0 radical (unpaired) electrons. The zero-order valence-corrected chi connectivity index (χ0v) is 13.6. The van der Waals surface area contributed by atoms with E-state index in [1.54, 1.807) is 6.07 Å². The number of hydrogen-bond donors (Lipinski definition) is 2. The van der Waals surface area contributed by atoms with E-state index in [0.717, 1.165) is 17.3 Å². The first-order valence-corrected chi connectivity index (χ1v) is 7.61. The molecule has 0 heterocycles. The lowest BCUT2D eigenvalue weighted by atomic mass is 10.1. The van der Waals surface area contributed by atoms with Gasteiger partial charge in [0.25, 0.3) is 0 Å². The number of amides is 1. The number of nitrogens with one attached hydrogen (secondary N) is 2. The lowest BCUT2D eigenvalue weighted by Gasteiger charge is -2.13. The number of hydrogen-bond acceptors (Lipinski definition) is 2. The van der Waals surface area contributed by atoms with Gasteiger partial charge in [0.1, 0.15) is 0 Å². The van der Waals surface area contributed by atoms with E-state index in [4.69, 9.17) is 11.6 Å². The van der Waals surface area contributed by atoms with Crippen molar-refractivity contribution in [3.05, 3.63) is 58.6 Å². The van der Waals surface area contributed by atoms with Gasteiger partial charge in [0.05, 0.1) is 11.3 Å². The minimum Gasteiger partial charge on any atom is -0.384 e. The monoisotopic (exact) mass is 356 g/mol. The third kappa shape index (κ3) is 4.89. The van der Waals surface area contributed by atoms with Crippen LogP contribution in [0.3, 0.4) is 0 Å². The Balaban J connectivity index is 1.91. The number of rotatable bonds is 5. The molecular weight excluding hydrogens is 341 g/mol. The lowest BCUT2D eigenvalue weighted by molar-refractivity contribution is -0.137. The van der Waals surface area contributed by atoms with Crippen LogP contribution >= 0.6 is 11.6 Å². The van der Waals surface area contributed by atoms with E-state index < -0.39 is 17.6 Å². The molecule has 0 unspecified atom stereocenters. The van der Waals surface area contributed by atoms with Crippen LogP contribution in [0.1, 0.15) is 17.5 Å². The van der Waals surface area contributed by atoms with Crippen LogP contribution in [0.5, 0.6) is 0 Å². The number of para-hydroxylation sites is 1. The van der Waals surface area contributed by atoms with Gasteiger partial charge in [0.15, 0.2) is 0 Å². The predicted octanol–water partition coefficient (Wildman–Crippen LogP) is 5.11. The molecular formula is C17H16ClF3N2O. The van der Waals surface area contributed by atoms with Gasteiger partial charge in [-0.2, -0.15) is 13.2 Å². The van der Waals surface area contributed by atoms with Crippen molar-refractivity contribution in [2.45, 2.75) is 19.5 Å². The van der Waals surface area contributed by atoms with E-state index in [0.29, 0.717) is 5.02 Å². The maximum atomic E-state index is 12.9. The highest BCUT2D eigenvalue weighted by molar-refractivity contribution is 6.31. The van der Waals surface area contributed by atoms with E-state index in [-0.39, 0.29) is 18.7 Å². The Labute approximate surface area is 142 Å². The summed E-state index contributed by atoms with van der Waals surface area (Å²) in [5.74, 6) is -0.502. The second-order valence-electron chi connectivity index (χ2n) is 5.23. The fourth-order valence-electron chi connectivity index (χ4n) is 2.08. The van der Waals surface area contributed by atoms with Crippen LogP contribution in [0.4, 0.5) is 24.5 Å². The first-order valence-electron chi connectivity index (χ1n) is 7.23. The van der Waals surface area contributed by atoms with Crippen molar-refractivity contribution in [2.75, 3.05) is 17.2 Å². The van der Waals surface area contributed by atoms with Gasteiger partial charge in [0, 0.05) is 23.7 Å². The lowest BCUT2D eigenvalue weighted by Crippen LogP contribution is -2.19. The summed E-state index contributed by atoms with van der Waals surface area (Å²) in [7, 11) is 0. The minimum atomic E-state index is -4.51. The number of halogens is 4. The van der Waals surface area contributed by atoms with Crippen LogP contribution < -0.4 is 10.6 Å². The molecule has 24 heavy (non-hydrogen) atoms. The molecule has 0 aliphatic heterocycles. The summed E-state index contributed by atoms with van der Waals surface area (Å²) in [4.78, 5) is 11.9. The molecule has 2 rings (SSSR count). The van der Waals surface area contributed by atoms with E-state index in [9.17, 15) is 18.0 Å². The molecule has 2 N–H and O–H groups in total. The van der Waals surface area contributed by atoms with Crippen molar-refractivity contribution < 1.29 is 18.0 Å². The maximum Gasteiger partial charge on any atom is 0.418 e. The Kier molecular flexibility index (Phi) is 5.72. The molecule has 128 valence electrons. The standard InChI is InChI=1S/C17H16ClF3N2O/c1-11-6-7-12(10-14(11)18)22-9-8-16(24)23-15-5-3-2-4-13(15)17(19,20)21/h2-7,10,22H,8-9H2,1H3,(H,23,24). The first-order chi connectivity index (χ1) is 11.3. The van der Waals surface area contributed by atoms with Crippen molar-refractivity contribution in [3.63, 3.8) is 0 Å². The summed E-state index contributed by atoms with van der Waals surface area (Å²) >= 11 is 6.00. The van der Waals surface area contributed by atoms with Gasteiger partial charge in [-0.05, 0) is 36.8 Å². The average Bonchev–Trinajstić information content (AvgIpc) is 2.50. The fraction of sp³-hybridized carbons (Fsp3) is 0.235. The van der Waals surface area contributed by atoms with Crippen molar-refractivity contribution in [1.82, 2.24) is 0 Å². The Morgan fingerprint density at radius 2 is 1.88 bits per heavy atom. The van der Waals surface area contributed by atoms with E-state index in [2.05, 4.69) is 10.6 Å². The highest BCUT2D eigenvalue weighted by atomic mass is 35.5. The van der Waals surface area contributed by atoms with Gasteiger partial charge in [-0.3, -0.25) is 4.79 Å². The molecule has 7 heteroatoms. The molecule has 0 aliphatic carbocycles. The van der Waals surface area contributed by atoms with Crippen LogP contribution in [-0.2, 0) is 11.0 Å². The molecule has 0 aliphatic rings. The third-order valence-corrected chi connectivity index (χ3v) is 3.77. The number of benzene rings is 2. The zero-order valence-electron chi connectivity index (χ0n) is 12.9. The third-order valence-electron chi connectivity index (χ3n) is 3.36. The summed E-state index contributed by atoms with van der Waals surface area (Å²) in [6, 6.07) is 10.3. The molecule has 0 bridgehead atoms. The van der Waals surface area contributed by atoms with Crippen LogP contribution in [0.25, 0.3) is 0 Å². The normalized spacial score (nSPS) is 11.2. The van der Waals surface area contributed by atoms with Gasteiger partial charge < -0.3 is 10.6 Å². The average molecular weight is 357 g/mol. The van der Waals surface area contributed by atoms with Gasteiger partial charge in [-0.25, -0.2) is 0 Å². The molecule has 2 aromatic rings. The molecule has 1 amide bonds. The smallest absolute Gasteiger partial charge is 0.384 e. The van der Waals surface area contributed by atoms with Gasteiger partial charge in [-0.15, -0.1) is 0 Å². The van der Waals surface area contributed by atoms with Crippen molar-refractivity contribution >= 4 is 28.9 Å². The molecule has 0 spiro atoms. The van der Waals surface area contributed by atoms with E-state index >= 15 is 0 Å². The summed E-state index contributed by atoms with van der Waals surface area (Å²) in [6.45, 7) is 2.15. The Bertz CT molecular complexity index is 732. The van der Waals surface area contributed by atoms with Crippen LogP contribution in [0.2, 0.25) is 5.02 Å². The van der Waals surface area contributed by atoms with Crippen molar-refractivity contribution in [3.8, 4) is 0 Å². The number of alkyl halides is 3. The Hall–Kier alpha value is -2.21. The Morgan fingerprint density at radius 1 is 1.17 bits per heavy atom. The molecule has 0 aromatic heterocycles. The zero-order chi connectivity index (χ0) is 17.7. The number of anilines is 2. The summed E-state index contributed by atoms with van der Waals surface area (Å²) in [5, 5.41) is 5.91. The van der Waals surface area contributed by atoms with Crippen molar-refractivity contribution in [1.29, 1.82) is 0 Å². The van der Waals surface area contributed by atoms with Crippen LogP contribution in [0.15, 0.2) is 42.5 Å². The maximum absolute atomic E-state index is 12.9. The van der Waals surface area contributed by atoms with Crippen molar-refractivity contribution in [2.24, 2.45) is 0 Å². The van der Waals surface area contributed by atoms with Gasteiger partial charge in [0.2, 0.25) is 5.91 Å². The molecule has 0 saturated carbocycles. The fourth-order valence-corrected chi connectivity index (χ4v) is 2.26. The van der Waals surface area contributed by atoms with Gasteiger partial charge in [-0.1, -0.05) is 29.8 Å². The SMILES string of the molecule is Cc1ccc(NCCC(=O)Nc2ccccc2C(F)(F)F)cc1Cl. The van der Waals surface area contributed by atoms with E-state index in [1.165, 1.54) is 18.2 Å². The molecule has 0 fully saturated rings. The van der Waals surface area contributed by atoms with Gasteiger partial charge >= 0.3 is 6.18 Å². The van der Waals surface area contributed by atoms with Crippen LogP contribution in [-0.4, -0.2) is 12.5 Å². The molecule has 3 nitrogen and oxygen atoms in total. The quantitative estimate of drug-likeness (QED) is 0.781. The topological polar surface area (TPSA) is 41.1 Å². The second kappa shape index (κ2) is 7.57. The summed E-state index contributed by atoms with van der Waals surface area (Å²) < 4.78 is 38.6. The Morgan fingerprint density at radius 3 is 2.54 bits per heavy atom. The minimum absolute atomic E-state index is 0.0255. The first kappa shape index (κ1) is 18.1. The number of carbonyl (C=O) groups is 1. The predicted molar refractivity (Wildman–Crippen MR) is 89.4 cm³/mol. The summed E-state index contributed by atoms with van der Waals surface area (Å²) in [5.41, 5.74) is 0.572. The molecule has 0 atom stereocenters. The van der Waals surface area contributed by atoms with E-state index in [1.807, 2.05) is 19.1 Å². The second-order valence-corrected chi connectivity index (χ2v) is 5.64.